The highest BCUT2D eigenvalue weighted by atomic mass is 127. The van der Waals surface area contributed by atoms with Crippen LogP contribution in [0.2, 0.25) is 0 Å². The van der Waals surface area contributed by atoms with E-state index < -0.39 is 6.61 Å². The summed E-state index contributed by atoms with van der Waals surface area (Å²) < 4.78 is 29.9. The van der Waals surface area contributed by atoms with Gasteiger partial charge in [-0.25, -0.2) is 0 Å². The van der Waals surface area contributed by atoms with Crippen LogP contribution in [0.3, 0.4) is 0 Å². The number of benzene rings is 2. The Morgan fingerprint density at radius 3 is 2.32 bits per heavy atom. The van der Waals surface area contributed by atoms with Gasteiger partial charge in [0.2, 0.25) is 0 Å². The monoisotopic (exact) mass is 374 g/mol. The smallest absolute Gasteiger partial charge is 0.387 e. The molecule has 0 aliphatic heterocycles. The Labute approximate surface area is 122 Å². The van der Waals surface area contributed by atoms with Crippen LogP contribution >= 0.6 is 22.6 Å². The third-order valence-corrected chi connectivity index (χ3v) is 3.17. The minimum absolute atomic E-state index is 0.110. The number of para-hydroxylation sites is 1. The van der Waals surface area contributed by atoms with Crippen LogP contribution in [-0.4, -0.2) is 12.4 Å². The second-order valence-corrected chi connectivity index (χ2v) is 4.96. The van der Waals surface area contributed by atoms with Gasteiger partial charge in [0.15, 0.2) is 5.78 Å². The van der Waals surface area contributed by atoms with Crippen LogP contribution in [0.5, 0.6) is 5.75 Å². The number of ketones is 1. The third kappa shape index (κ3) is 3.50. The minimum Gasteiger partial charge on any atom is -0.434 e. The van der Waals surface area contributed by atoms with E-state index in [-0.39, 0.29) is 17.1 Å². The van der Waals surface area contributed by atoms with Crippen molar-refractivity contribution in [2.45, 2.75) is 6.61 Å². The van der Waals surface area contributed by atoms with Crippen LogP contribution in [0.25, 0.3) is 0 Å². The third-order valence-electron chi connectivity index (χ3n) is 2.45. The molecule has 0 bridgehead atoms. The van der Waals surface area contributed by atoms with Gasteiger partial charge >= 0.3 is 6.61 Å². The van der Waals surface area contributed by atoms with Gasteiger partial charge in [0, 0.05) is 9.13 Å². The van der Waals surface area contributed by atoms with Crippen molar-refractivity contribution >= 4 is 28.4 Å². The maximum Gasteiger partial charge on any atom is 0.387 e. The van der Waals surface area contributed by atoms with Crippen LogP contribution in [0, 0.1) is 3.57 Å². The number of rotatable bonds is 4. The van der Waals surface area contributed by atoms with Crippen LogP contribution in [-0.2, 0) is 0 Å². The summed E-state index contributed by atoms with van der Waals surface area (Å²) in [7, 11) is 0. The van der Waals surface area contributed by atoms with Crippen molar-refractivity contribution in [1.82, 2.24) is 0 Å². The van der Waals surface area contributed by atoms with Gasteiger partial charge in [0.05, 0.1) is 5.56 Å². The maximum absolute atomic E-state index is 12.3. The van der Waals surface area contributed by atoms with Gasteiger partial charge < -0.3 is 4.74 Å². The molecular weight excluding hydrogens is 365 g/mol. The lowest BCUT2D eigenvalue weighted by atomic mass is 10.0. The van der Waals surface area contributed by atoms with Crippen molar-refractivity contribution in [3.63, 3.8) is 0 Å². The first-order valence-corrected chi connectivity index (χ1v) is 6.50. The molecule has 0 aliphatic rings. The first-order chi connectivity index (χ1) is 9.08. The van der Waals surface area contributed by atoms with E-state index in [0.717, 1.165) is 3.57 Å². The van der Waals surface area contributed by atoms with Crippen molar-refractivity contribution in [1.29, 1.82) is 0 Å². The van der Waals surface area contributed by atoms with E-state index in [0.29, 0.717) is 5.56 Å². The van der Waals surface area contributed by atoms with Gasteiger partial charge in [0.1, 0.15) is 5.75 Å². The summed E-state index contributed by atoms with van der Waals surface area (Å²) in [6, 6.07) is 12.9. The molecule has 0 radical (unpaired) electrons. The Morgan fingerprint density at radius 2 is 1.68 bits per heavy atom. The van der Waals surface area contributed by atoms with Crippen molar-refractivity contribution in [3.8, 4) is 5.75 Å². The molecule has 2 aromatic rings. The Bertz CT molecular complexity index is 582. The van der Waals surface area contributed by atoms with E-state index >= 15 is 0 Å². The number of hydrogen-bond acceptors (Lipinski definition) is 2. The highest BCUT2D eigenvalue weighted by Gasteiger charge is 2.16. The molecule has 0 saturated heterocycles. The molecule has 0 spiro atoms. The summed E-state index contributed by atoms with van der Waals surface area (Å²) in [6.07, 6.45) is 0. The van der Waals surface area contributed by atoms with Crippen molar-refractivity contribution < 1.29 is 18.3 Å². The molecular formula is C14H9F2IO2. The summed E-state index contributed by atoms with van der Waals surface area (Å²) in [5.41, 5.74) is 0.565. The number of alkyl halides is 2. The van der Waals surface area contributed by atoms with Crippen LogP contribution in [0.1, 0.15) is 15.9 Å². The van der Waals surface area contributed by atoms with E-state index in [9.17, 15) is 13.6 Å². The topological polar surface area (TPSA) is 26.3 Å². The van der Waals surface area contributed by atoms with E-state index in [1.165, 1.54) is 12.1 Å². The van der Waals surface area contributed by atoms with Gasteiger partial charge in [-0.1, -0.05) is 12.1 Å². The normalized spacial score (nSPS) is 10.5. The van der Waals surface area contributed by atoms with E-state index in [4.69, 9.17) is 0 Å². The number of carbonyl (C=O) groups excluding carboxylic acids is 1. The molecule has 2 nitrogen and oxygen atoms in total. The second kappa shape index (κ2) is 6.10. The predicted molar refractivity (Wildman–Crippen MR) is 75.7 cm³/mol. The maximum atomic E-state index is 12.3. The summed E-state index contributed by atoms with van der Waals surface area (Å²) >= 11 is 2.12. The summed E-state index contributed by atoms with van der Waals surface area (Å²) in [5, 5.41) is 0. The Morgan fingerprint density at radius 1 is 1.05 bits per heavy atom. The van der Waals surface area contributed by atoms with Gasteiger partial charge in [-0.05, 0) is 59.0 Å². The van der Waals surface area contributed by atoms with Crippen molar-refractivity contribution in [2.75, 3.05) is 0 Å². The van der Waals surface area contributed by atoms with Gasteiger partial charge in [-0.2, -0.15) is 8.78 Å². The zero-order valence-corrected chi connectivity index (χ0v) is 11.8. The highest BCUT2D eigenvalue weighted by molar-refractivity contribution is 14.1. The van der Waals surface area contributed by atoms with Gasteiger partial charge in [-0.3, -0.25) is 4.79 Å². The molecule has 19 heavy (non-hydrogen) atoms. The van der Waals surface area contributed by atoms with Gasteiger partial charge in [0.25, 0.3) is 0 Å². The fourth-order valence-electron chi connectivity index (χ4n) is 1.61. The average Bonchev–Trinajstić information content (AvgIpc) is 2.39. The predicted octanol–water partition coefficient (Wildman–Crippen LogP) is 4.12. The molecule has 0 N–H and O–H groups in total. The zero-order chi connectivity index (χ0) is 13.8. The summed E-state index contributed by atoms with van der Waals surface area (Å²) in [4.78, 5) is 12.2. The van der Waals surface area contributed by atoms with Crippen molar-refractivity contribution in [2.24, 2.45) is 0 Å². The fraction of sp³-hybridized carbons (Fsp3) is 0.0714. The molecule has 0 fully saturated rings. The Kier molecular flexibility index (Phi) is 4.47. The largest absolute Gasteiger partial charge is 0.434 e. The highest BCUT2D eigenvalue weighted by Crippen LogP contribution is 2.23. The number of carbonyl (C=O) groups is 1. The lowest BCUT2D eigenvalue weighted by Crippen LogP contribution is -2.08. The lowest BCUT2D eigenvalue weighted by molar-refractivity contribution is -0.0501. The molecule has 0 aliphatic carbocycles. The molecule has 98 valence electrons. The molecule has 0 heterocycles. The van der Waals surface area contributed by atoms with Gasteiger partial charge in [-0.15, -0.1) is 0 Å². The second-order valence-electron chi connectivity index (χ2n) is 3.71. The lowest BCUT2D eigenvalue weighted by Gasteiger charge is -2.09. The number of hydrogen-bond donors (Lipinski definition) is 0. The molecule has 0 amide bonds. The number of halogens is 3. The molecule has 2 rings (SSSR count). The molecule has 5 heteroatoms. The van der Waals surface area contributed by atoms with E-state index in [1.807, 2.05) is 0 Å². The molecule has 0 saturated carbocycles. The molecule has 0 aromatic heterocycles. The molecule has 0 unspecified atom stereocenters. The van der Waals surface area contributed by atoms with Crippen LogP contribution in [0.4, 0.5) is 8.78 Å². The fourth-order valence-corrected chi connectivity index (χ4v) is 1.97. The molecule has 0 atom stereocenters. The van der Waals surface area contributed by atoms with E-state index in [1.54, 1.807) is 36.4 Å². The Balaban J connectivity index is 2.35. The first-order valence-electron chi connectivity index (χ1n) is 5.42. The van der Waals surface area contributed by atoms with Crippen LogP contribution in [0.15, 0.2) is 48.5 Å². The number of ether oxygens (including phenoxy) is 1. The average molecular weight is 374 g/mol. The Hall–Kier alpha value is -1.50. The van der Waals surface area contributed by atoms with Crippen molar-refractivity contribution in [3.05, 3.63) is 63.2 Å². The summed E-state index contributed by atoms with van der Waals surface area (Å²) in [5.74, 6) is -0.450. The standard InChI is InChI=1S/C14H9F2IO2/c15-14(16)19-12-4-2-1-3-11(12)13(18)9-5-7-10(17)8-6-9/h1-8,14H. The minimum atomic E-state index is -2.95. The SMILES string of the molecule is O=C(c1ccc(I)cc1)c1ccccc1OC(F)F. The molecule has 2 aromatic carbocycles. The summed E-state index contributed by atoms with van der Waals surface area (Å²) in [6.45, 7) is -2.95. The first kappa shape index (κ1) is 13.9. The quantitative estimate of drug-likeness (QED) is 0.595. The van der Waals surface area contributed by atoms with Crippen LogP contribution < -0.4 is 4.74 Å². The zero-order valence-electron chi connectivity index (χ0n) is 9.65. The van der Waals surface area contributed by atoms with E-state index in [2.05, 4.69) is 27.3 Å².